The van der Waals surface area contributed by atoms with E-state index in [4.69, 9.17) is 28.9 Å². The Morgan fingerprint density at radius 2 is 1.61 bits per heavy atom. The van der Waals surface area contributed by atoms with Gasteiger partial charge >= 0.3 is 0 Å². The summed E-state index contributed by atoms with van der Waals surface area (Å²) >= 11 is 12.2. The van der Waals surface area contributed by atoms with Crippen LogP contribution in [0, 0.1) is 17.3 Å². The molecule has 7 nitrogen and oxygen atoms in total. The smallest absolute Gasteiger partial charge is 0.244 e. The second-order valence-electron chi connectivity index (χ2n) is 10.1. The van der Waals surface area contributed by atoms with Crippen LogP contribution < -0.4 is 15.8 Å². The maximum absolute atomic E-state index is 13.3. The molecule has 10 heteroatoms. The van der Waals surface area contributed by atoms with Crippen molar-refractivity contribution in [3.63, 3.8) is 0 Å². The summed E-state index contributed by atoms with van der Waals surface area (Å²) in [5, 5.41) is 3.17. The monoisotopic (exact) mass is 485 g/mol. The lowest BCUT2D eigenvalue weighted by molar-refractivity contribution is -0.151. The quantitative estimate of drug-likeness (QED) is 0.573. The van der Waals surface area contributed by atoms with Crippen LogP contribution in [0.3, 0.4) is 0 Å². The molecule has 1 aromatic rings. The SMILES string of the molecule is NC(=O)C12CC3CC(CC(NC(=O)C4(NS(=O)(=O)c5c(Cl)cccc5Cl)CC4)(C3)C1)C2. The van der Waals surface area contributed by atoms with Gasteiger partial charge in [-0.15, -0.1) is 0 Å². The van der Waals surface area contributed by atoms with Crippen molar-refractivity contribution in [2.24, 2.45) is 23.0 Å². The minimum atomic E-state index is -4.10. The summed E-state index contributed by atoms with van der Waals surface area (Å²) < 4.78 is 28.6. The molecule has 5 aliphatic rings. The molecule has 5 aliphatic carbocycles. The number of amides is 2. The first kappa shape index (κ1) is 21.5. The van der Waals surface area contributed by atoms with Gasteiger partial charge in [0.2, 0.25) is 21.8 Å². The van der Waals surface area contributed by atoms with E-state index in [1.165, 1.54) is 12.1 Å². The fourth-order valence-corrected chi connectivity index (χ4v) is 9.18. The fraction of sp³-hybridized carbons (Fsp3) is 0.619. The van der Waals surface area contributed by atoms with Crippen LogP contribution in [-0.2, 0) is 19.6 Å². The van der Waals surface area contributed by atoms with Crippen LogP contribution in [-0.4, -0.2) is 31.3 Å². The van der Waals surface area contributed by atoms with Gasteiger partial charge in [-0.1, -0.05) is 29.3 Å². The number of benzene rings is 1. The second kappa shape index (κ2) is 6.83. The lowest BCUT2D eigenvalue weighted by atomic mass is 9.46. The summed E-state index contributed by atoms with van der Waals surface area (Å²) in [5.41, 5.74) is 3.51. The van der Waals surface area contributed by atoms with Crippen LogP contribution in [0.15, 0.2) is 23.1 Å². The lowest BCUT2D eigenvalue weighted by Gasteiger charge is -2.61. The lowest BCUT2D eigenvalue weighted by Crippen LogP contribution is -2.67. The Kier molecular flexibility index (Phi) is 4.73. The van der Waals surface area contributed by atoms with Crippen LogP contribution in [0.4, 0.5) is 0 Å². The first-order valence-electron chi connectivity index (χ1n) is 10.6. The molecular formula is C21H25Cl2N3O4S. The first-order valence-corrected chi connectivity index (χ1v) is 12.8. The average Bonchev–Trinajstić information content (AvgIpc) is 3.39. The summed E-state index contributed by atoms with van der Waals surface area (Å²) in [6.45, 7) is 0. The van der Waals surface area contributed by atoms with Crippen LogP contribution in [0.2, 0.25) is 10.0 Å². The highest BCUT2D eigenvalue weighted by Crippen LogP contribution is 2.61. The third-order valence-corrected chi connectivity index (χ3v) is 10.2. The zero-order chi connectivity index (χ0) is 22.2. The van der Waals surface area contributed by atoms with Gasteiger partial charge in [0.1, 0.15) is 10.4 Å². The van der Waals surface area contributed by atoms with Crippen LogP contribution in [0.1, 0.15) is 51.4 Å². The fourth-order valence-electron chi connectivity index (χ4n) is 6.61. The Labute approximate surface area is 191 Å². The molecule has 4 N–H and O–H groups in total. The largest absolute Gasteiger partial charge is 0.369 e. The maximum Gasteiger partial charge on any atom is 0.244 e. The Bertz CT molecular complexity index is 1050. The molecular weight excluding hydrogens is 461 g/mol. The number of halogens is 2. The van der Waals surface area contributed by atoms with Gasteiger partial charge in [0, 0.05) is 5.54 Å². The standard InChI is InChI=1S/C21H25Cl2N3O4S/c22-14-2-1-3-15(23)16(14)31(29,30)26-21(4-5-21)18(28)25-20-9-12-6-13(10-20)8-19(7-12,11-20)17(24)27/h1-3,12-13,26H,4-11H2,(H2,24,27)(H,25,28). The van der Waals surface area contributed by atoms with Crippen molar-refractivity contribution in [1.29, 1.82) is 0 Å². The number of hydrogen-bond donors (Lipinski definition) is 3. The zero-order valence-electron chi connectivity index (χ0n) is 16.9. The highest BCUT2D eigenvalue weighted by Gasteiger charge is 2.62. The molecule has 0 saturated heterocycles. The number of primary amides is 1. The van der Waals surface area contributed by atoms with Gasteiger partial charge in [-0.3, -0.25) is 9.59 Å². The predicted octanol–water partition coefficient (Wildman–Crippen LogP) is 2.74. The van der Waals surface area contributed by atoms with E-state index >= 15 is 0 Å². The van der Waals surface area contributed by atoms with E-state index in [0.717, 1.165) is 32.1 Å². The Hall–Kier alpha value is -1.35. The van der Waals surface area contributed by atoms with Crippen LogP contribution in [0.5, 0.6) is 0 Å². The molecule has 0 spiro atoms. The van der Waals surface area contributed by atoms with Gasteiger partial charge in [-0.25, -0.2) is 8.42 Å². The number of rotatable bonds is 6. The molecule has 31 heavy (non-hydrogen) atoms. The summed E-state index contributed by atoms with van der Waals surface area (Å²) in [6, 6.07) is 4.45. The van der Waals surface area contributed by atoms with Gasteiger partial charge in [-0.05, 0) is 75.3 Å². The van der Waals surface area contributed by atoms with Crippen molar-refractivity contribution >= 4 is 45.0 Å². The minimum absolute atomic E-state index is 0.000641. The molecule has 5 fully saturated rings. The first-order chi connectivity index (χ1) is 14.5. The van der Waals surface area contributed by atoms with Gasteiger partial charge in [0.25, 0.3) is 0 Å². The van der Waals surface area contributed by atoms with Gasteiger partial charge in [-0.2, -0.15) is 4.72 Å². The summed E-state index contributed by atoms with van der Waals surface area (Å²) in [7, 11) is -4.10. The predicted molar refractivity (Wildman–Crippen MR) is 116 cm³/mol. The van der Waals surface area contributed by atoms with E-state index in [0.29, 0.717) is 31.1 Å². The molecule has 168 valence electrons. The van der Waals surface area contributed by atoms with E-state index in [1.54, 1.807) is 6.07 Å². The maximum atomic E-state index is 13.3. The van der Waals surface area contributed by atoms with Crippen molar-refractivity contribution in [3.8, 4) is 0 Å². The van der Waals surface area contributed by atoms with Crippen molar-refractivity contribution in [3.05, 3.63) is 28.2 Å². The zero-order valence-corrected chi connectivity index (χ0v) is 19.2. The molecule has 1 aromatic carbocycles. The third kappa shape index (κ3) is 3.46. The molecule has 0 aliphatic heterocycles. The highest BCUT2D eigenvalue weighted by molar-refractivity contribution is 7.89. The topological polar surface area (TPSA) is 118 Å². The van der Waals surface area contributed by atoms with E-state index in [1.807, 2.05) is 0 Å². The summed E-state index contributed by atoms with van der Waals surface area (Å²) in [5.74, 6) is 0.0990. The Balaban J connectivity index is 1.38. The van der Waals surface area contributed by atoms with E-state index in [-0.39, 0.29) is 26.8 Å². The molecule has 2 atom stereocenters. The van der Waals surface area contributed by atoms with Crippen LogP contribution >= 0.6 is 23.2 Å². The van der Waals surface area contributed by atoms with E-state index in [9.17, 15) is 18.0 Å². The number of sulfonamides is 1. The molecule has 0 heterocycles. The molecule has 2 amide bonds. The van der Waals surface area contributed by atoms with Crippen molar-refractivity contribution in [2.75, 3.05) is 0 Å². The molecule has 0 radical (unpaired) electrons. The third-order valence-electron chi connectivity index (χ3n) is 7.66. The Morgan fingerprint density at radius 3 is 2.13 bits per heavy atom. The molecule has 4 bridgehead atoms. The number of nitrogens with one attached hydrogen (secondary N) is 2. The molecule has 2 unspecified atom stereocenters. The number of hydrogen-bond acceptors (Lipinski definition) is 4. The normalized spacial score (nSPS) is 35.0. The van der Waals surface area contributed by atoms with Crippen molar-refractivity contribution < 1.29 is 18.0 Å². The second-order valence-corrected chi connectivity index (χ2v) is 12.5. The van der Waals surface area contributed by atoms with Crippen molar-refractivity contribution in [2.45, 2.75) is 67.3 Å². The summed E-state index contributed by atoms with van der Waals surface area (Å²) in [6.07, 6.45) is 5.59. The molecule has 5 saturated carbocycles. The number of carbonyl (C=O) groups is 2. The number of carbonyl (C=O) groups excluding carboxylic acids is 2. The molecule has 6 rings (SSSR count). The van der Waals surface area contributed by atoms with Gasteiger partial charge in [0.05, 0.1) is 15.5 Å². The average molecular weight is 486 g/mol. The highest BCUT2D eigenvalue weighted by atomic mass is 35.5. The van der Waals surface area contributed by atoms with Gasteiger partial charge < -0.3 is 11.1 Å². The van der Waals surface area contributed by atoms with Crippen LogP contribution in [0.25, 0.3) is 0 Å². The minimum Gasteiger partial charge on any atom is -0.369 e. The van der Waals surface area contributed by atoms with Gasteiger partial charge in [0.15, 0.2) is 0 Å². The molecule has 0 aromatic heterocycles. The van der Waals surface area contributed by atoms with Crippen molar-refractivity contribution in [1.82, 2.24) is 10.0 Å². The Morgan fingerprint density at radius 1 is 1.03 bits per heavy atom. The van der Waals surface area contributed by atoms with E-state index < -0.39 is 26.5 Å². The van der Waals surface area contributed by atoms with E-state index in [2.05, 4.69) is 10.0 Å². The number of nitrogens with two attached hydrogens (primary N) is 1. The summed E-state index contributed by atoms with van der Waals surface area (Å²) in [4.78, 5) is 25.4.